The van der Waals surface area contributed by atoms with Crippen molar-refractivity contribution in [3.05, 3.63) is 66.6 Å². The van der Waals surface area contributed by atoms with Crippen molar-refractivity contribution in [3.63, 3.8) is 0 Å². The van der Waals surface area contributed by atoms with Gasteiger partial charge in [-0.25, -0.2) is 4.68 Å². The van der Waals surface area contributed by atoms with Crippen LogP contribution in [0.4, 0.5) is 0 Å². The molecule has 4 nitrogen and oxygen atoms in total. The van der Waals surface area contributed by atoms with Crippen LogP contribution in [0.25, 0.3) is 16.9 Å². The van der Waals surface area contributed by atoms with Gasteiger partial charge in [0.05, 0.1) is 11.4 Å². The van der Waals surface area contributed by atoms with Crippen LogP contribution >= 0.6 is 0 Å². The van der Waals surface area contributed by atoms with Gasteiger partial charge in [-0.3, -0.25) is 4.98 Å². The van der Waals surface area contributed by atoms with Crippen molar-refractivity contribution in [1.82, 2.24) is 20.1 Å². The largest absolute Gasteiger partial charge is 0.313 e. The Bertz CT molecular complexity index is 720. The van der Waals surface area contributed by atoms with Crippen LogP contribution in [0.3, 0.4) is 0 Å². The fourth-order valence-electron chi connectivity index (χ4n) is 2.52. The molecule has 3 rings (SSSR count). The predicted octanol–water partition coefficient (Wildman–Crippen LogP) is 3.82. The van der Waals surface area contributed by atoms with E-state index in [4.69, 9.17) is 5.10 Å². The number of benzene rings is 1. The molecule has 0 bridgehead atoms. The Labute approximate surface area is 137 Å². The summed E-state index contributed by atoms with van der Waals surface area (Å²) >= 11 is 0. The van der Waals surface area contributed by atoms with E-state index in [2.05, 4.69) is 41.6 Å². The van der Waals surface area contributed by atoms with Crippen LogP contribution < -0.4 is 5.32 Å². The summed E-state index contributed by atoms with van der Waals surface area (Å²) in [7, 11) is 0. The standard InChI is InChI=1S/C19H22N4/c1-2-3-11-20-14-17-15-23(18-9-5-4-6-10-18)22-19(17)16-8-7-12-21-13-16/h4-10,12-13,15,20H,2-3,11,14H2,1H3. The van der Waals surface area contributed by atoms with Crippen LogP contribution in [0.15, 0.2) is 61.1 Å². The highest BCUT2D eigenvalue weighted by Crippen LogP contribution is 2.22. The average Bonchev–Trinajstić information content (AvgIpc) is 3.04. The van der Waals surface area contributed by atoms with Gasteiger partial charge in [-0.05, 0) is 37.2 Å². The molecule has 0 aliphatic carbocycles. The van der Waals surface area contributed by atoms with Gasteiger partial charge in [0.25, 0.3) is 0 Å². The van der Waals surface area contributed by atoms with Crippen molar-refractivity contribution in [1.29, 1.82) is 0 Å². The molecule has 0 unspecified atom stereocenters. The average molecular weight is 306 g/mol. The molecule has 1 aromatic carbocycles. The number of pyridine rings is 1. The normalized spacial score (nSPS) is 10.8. The Balaban J connectivity index is 1.90. The maximum atomic E-state index is 4.79. The summed E-state index contributed by atoms with van der Waals surface area (Å²) in [5.41, 5.74) is 4.30. The van der Waals surface area contributed by atoms with Crippen molar-refractivity contribution in [2.24, 2.45) is 0 Å². The molecule has 1 N–H and O–H groups in total. The van der Waals surface area contributed by atoms with Gasteiger partial charge < -0.3 is 5.32 Å². The van der Waals surface area contributed by atoms with E-state index in [-0.39, 0.29) is 0 Å². The van der Waals surface area contributed by atoms with Gasteiger partial charge in [0, 0.05) is 36.3 Å². The van der Waals surface area contributed by atoms with Gasteiger partial charge in [-0.1, -0.05) is 31.5 Å². The second-order valence-electron chi connectivity index (χ2n) is 5.56. The lowest BCUT2D eigenvalue weighted by molar-refractivity contribution is 0.642. The number of unbranched alkanes of at least 4 members (excludes halogenated alkanes) is 1. The zero-order valence-electron chi connectivity index (χ0n) is 13.4. The van der Waals surface area contributed by atoms with E-state index in [9.17, 15) is 0 Å². The molecule has 118 valence electrons. The number of para-hydroxylation sites is 1. The summed E-state index contributed by atoms with van der Waals surface area (Å²) in [5, 5.41) is 8.29. The topological polar surface area (TPSA) is 42.7 Å². The molecule has 3 aromatic rings. The molecule has 0 saturated carbocycles. The van der Waals surface area contributed by atoms with Crippen molar-refractivity contribution in [2.75, 3.05) is 6.54 Å². The molecule has 0 radical (unpaired) electrons. The third kappa shape index (κ3) is 3.85. The highest BCUT2D eigenvalue weighted by atomic mass is 15.3. The van der Waals surface area contributed by atoms with E-state index in [0.717, 1.165) is 30.0 Å². The van der Waals surface area contributed by atoms with E-state index in [1.807, 2.05) is 35.1 Å². The van der Waals surface area contributed by atoms with E-state index in [1.165, 1.54) is 18.4 Å². The number of rotatable bonds is 7. The molecule has 0 aliphatic rings. The molecule has 0 atom stereocenters. The quantitative estimate of drug-likeness (QED) is 0.675. The summed E-state index contributed by atoms with van der Waals surface area (Å²) in [5.74, 6) is 0. The molecule has 0 saturated heterocycles. The molecule has 2 aromatic heterocycles. The fraction of sp³-hybridized carbons (Fsp3) is 0.263. The first kappa shape index (κ1) is 15.4. The van der Waals surface area contributed by atoms with Crippen LogP contribution in [-0.4, -0.2) is 21.3 Å². The molecule has 0 spiro atoms. The minimum Gasteiger partial charge on any atom is -0.313 e. The molecule has 2 heterocycles. The third-order valence-corrected chi connectivity index (χ3v) is 3.77. The summed E-state index contributed by atoms with van der Waals surface area (Å²) in [6, 6.07) is 14.2. The highest BCUT2D eigenvalue weighted by molar-refractivity contribution is 5.62. The Hall–Kier alpha value is -2.46. The molecule has 0 aliphatic heterocycles. The summed E-state index contributed by atoms with van der Waals surface area (Å²) < 4.78 is 1.94. The van der Waals surface area contributed by atoms with Crippen LogP contribution in [0.1, 0.15) is 25.3 Å². The molecular weight excluding hydrogens is 284 g/mol. The number of nitrogens with zero attached hydrogens (tertiary/aromatic N) is 3. The van der Waals surface area contributed by atoms with Crippen LogP contribution in [0.2, 0.25) is 0 Å². The first-order valence-corrected chi connectivity index (χ1v) is 8.13. The lowest BCUT2D eigenvalue weighted by Gasteiger charge is -2.04. The Kier molecular flexibility index (Phi) is 5.17. The van der Waals surface area contributed by atoms with E-state index < -0.39 is 0 Å². The zero-order valence-corrected chi connectivity index (χ0v) is 13.4. The number of hydrogen-bond acceptors (Lipinski definition) is 3. The van der Waals surface area contributed by atoms with Gasteiger partial charge in [-0.2, -0.15) is 5.10 Å². The first-order valence-electron chi connectivity index (χ1n) is 8.13. The van der Waals surface area contributed by atoms with E-state index >= 15 is 0 Å². The van der Waals surface area contributed by atoms with Crippen LogP contribution in [-0.2, 0) is 6.54 Å². The molecule has 0 amide bonds. The minimum absolute atomic E-state index is 0.817. The Morgan fingerprint density at radius 2 is 1.96 bits per heavy atom. The number of nitrogens with one attached hydrogen (secondary N) is 1. The first-order chi connectivity index (χ1) is 11.4. The minimum atomic E-state index is 0.817. The summed E-state index contributed by atoms with van der Waals surface area (Å²) in [4.78, 5) is 4.22. The van der Waals surface area contributed by atoms with Crippen LogP contribution in [0, 0.1) is 0 Å². The second-order valence-corrected chi connectivity index (χ2v) is 5.56. The van der Waals surface area contributed by atoms with Crippen molar-refractivity contribution < 1.29 is 0 Å². The van der Waals surface area contributed by atoms with Gasteiger partial charge in [0.2, 0.25) is 0 Å². The fourth-order valence-corrected chi connectivity index (χ4v) is 2.52. The Morgan fingerprint density at radius 1 is 1.09 bits per heavy atom. The van der Waals surface area contributed by atoms with Gasteiger partial charge in [-0.15, -0.1) is 0 Å². The van der Waals surface area contributed by atoms with Gasteiger partial charge in [0.1, 0.15) is 0 Å². The number of aromatic nitrogens is 3. The smallest absolute Gasteiger partial charge is 0.0988 e. The molecule has 4 heteroatoms. The summed E-state index contributed by atoms with van der Waals surface area (Å²) in [6.45, 7) is 4.05. The van der Waals surface area contributed by atoms with Crippen molar-refractivity contribution in [2.45, 2.75) is 26.3 Å². The lowest BCUT2D eigenvalue weighted by atomic mass is 10.1. The highest BCUT2D eigenvalue weighted by Gasteiger charge is 2.12. The summed E-state index contributed by atoms with van der Waals surface area (Å²) in [6.07, 6.45) is 8.15. The monoisotopic (exact) mass is 306 g/mol. The van der Waals surface area contributed by atoms with E-state index in [0.29, 0.717) is 0 Å². The maximum absolute atomic E-state index is 4.79. The van der Waals surface area contributed by atoms with Gasteiger partial charge >= 0.3 is 0 Å². The second kappa shape index (κ2) is 7.70. The predicted molar refractivity (Wildman–Crippen MR) is 93.4 cm³/mol. The molecule has 23 heavy (non-hydrogen) atoms. The van der Waals surface area contributed by atoms with Crippen LogP contribution in [0.5, 0.6) is 0 Å². The molecular formula is C19H22N4. The number of hydrogen-bond donors (Lipinski definition) is 1. The zero-order chi connectivity index (χ0) is 15.9. The third-order valence-electron chi connectivity index (χ3n) is 3.77. The van der Waals surface area contributed by atoms with E-state index in [1.54, 1.807) is 6.20 Å². The van der Waals surface area contributed by atoms with Crippen molar-refractivity contribution in [3.8, 4) is 16.9 Å². The maximum Gasteiger partial charge on any atom is 0.0988 e. The van der Waals surface area contributed by atoms with Crippen molar-refractivity contribution >= 4 is 0 Å². The molecule has 0 fully saturated rings. The van der Waals surface area contributed by atoms with Gasteiger partial charge in [0.15, 0.2) is 0 Å². The SMILES string of the molecule is CCCCNCc1cn(-c2ccccc2)nc1-c1cccnc1. The Morgan fingerprint density at radius 3 is 2.70 bits per heavy atom. The lowest BCUT2D eigenvalue weighted by Crippen LogP contribution is -2.14.